The number of hydrogen-bond donors (Lipinski definition) is 3. The summed E-state index contributed by atoms with van der Waals surface area (Å²) in [6, 6.07) is 15.3. The van der Waals surface area contributed by atoms with Crippen LogP contribution in [0.2, 0.25) is 0 Å². The highest BCUT2D eigenvalue weighted by atomic mass is 16.5. The van der Waals surface area contributed by atoms with Crippen molar-refractivity contribution in [2.24, 2.45) is 4.99 Å². The van der Waals surface area contributed by atoms with Gasteiger partial charge < -0.3 is 25.1 Å². The molecular formula is C23H28N4O3. The van der Waals surface area contributed by atoms with E-state index < -0.39 is 0 Å². The standard InChI is InChI=1S/C23H28N4O3/c1-4-24-23(26-15-22-16(2)20-10-5-6-11-21(20)30-22)25-12-13-29-19-9-7-8-18(14-19)27-17(3)28/h5-11,14H,4,12-13,15H2,1-3H3,(H,27,28)(H2,24,25,26). The minimum absolute atomic E-state index is 0.111. The summed E-state index contributed by atoms with van der Waals surface area (Å²) in [7, 11) is 0. The van der Waals surface area contributed by atoms with Crippen LogP contribution in [0.5, 0.6) is 5.75 Å². The van der Waals surface area contributed by atoms with E-state index >= 15 is 0 Å². The lowest BCUT2D eigenvalue weighted by atomic mass is 10.1. The van der Waals surface area contributed by atoms with Crippen molar-refractivity contribution >= 4 is 28.5 Å². The van der Waals surface area contributed by atoms with Crippen LogP contribution in [-0.4, -0.2) is 31.6 Å². The van der Waals surface area contributed by atoms with Gasteiger partial charge >= 0.3 is 0 Å². The molecule has 7 heteroatoms. The second-order valence-corrected chi connectivity index (χ2v) is 6.83. The monoisotopic (exact) mass is 408 g/mol. The number of furan rings is 1. The lowest BCUT2D eigenvalue weighted by molar-refractivity contribution is -0.114. The number of fused-ring (bicyclic) bond motifs is 1. The van der Waals surface area contributed by atoms with Gasteiger partial charge in [0.05, 0.1) is 6.54 Å². The van der Waals surface area contributed by atoms with E-state index in [1.807, 2.05) is 43.3 Å². The average molecular weight is 409 g/mol. The van der Waals surface area contributed by atoms with E-state index in [4.69, 9.17) is 9.15 Å². The molecular weight excluding hydrogens is 380 g/mol. The van der Waals surface area contributed by atoms with Gasteiger partial charge in [-0.25, -0.2) is 4.99 Å². The van der Waals surface area contributed by atoms with Gasteiger partial charge in [-0.05, 0) is 32.0 Å². The molecule has 3 N–H and O–H groups in total. The summed E-state index contributed by atoms with van der Waals surface area (Å²) < 4.78 is 11.7. The molecule has 0 spiro atoms. The first-order chi connectivity index (χ1) is 14.6. The van der Waals surface area contributed by atoms with Crippen molar-refractivity contribution in [2.45, 2.75) is 27.3 Å². The maximum absolute atomic E-state index is 11.2. The van der Waals surface area contributed by atoms with Gasteiger partial charge in [0, 0.05) is 36.2 Å². The summed E-state index contributed by atoms with van der Waals surface area (Å²) in [6.45, 7) is 7.80. The molecule has 7 nitrogen and oxygen atoms in total. The number of anilines is 1. The Morgan fingerprint density at radius 2 is 1.97 bits per heavy atom. The van der Waals surface area contributed by atoms with Crippen LogP contribution in [0.4, 0.5) is 5.69 Å². The molecule has 2 aromatic carbocycles. The van der Waals surface area contributed by atoms with Gasteiger partial charge in [0.15, 0.2) is 5.96 Å². The van der Waals surface area contributed by atoms with Crippen LogP contribution in [0.15, 0.2) is 57.9 Å². The molecule has 0 bridgehead atoms. The molecule has 0 radical (unpaired) electrons. The number of rotatable bonds is 8. The number of carbonyl (C=O) groups is 1. The third kappa shape index (κ3) is 5.76. The van der Waals surface area contributed by atoms with Crippen LogP contribution >= 0.6 is 0 Å². The second kappa shape index (κ2) is 10.3. The zero-order valence-electron chi connectivity index (χ0n) is 17.6. The molecule has 30 heavy (non-hydrogen) atoms. The molecule has 0 aliphatic heterocycles. The minimum Gasteiger partial charge on any atom is -0.492 e. The van der Waals surface area contributed by atoms with Crippen molar-refractivity contribution in [1.82, 2.24) is 10.6 Å². The number of benzene rings is 2. The zero-order chi connectivity index (χ0) is 21.3. The number of guanidine groups is 1. The fraction of sp³-hybridized carbons (Fsp3) is 0.304. The zero-order valence-corrected chi connectivity index (χ0v) is 17.6. The third-order valence-corrected chi connectivity index (χ3v) is 4.49. The first-order valence-electron chi connectivity index (χ1n) is 10.1. The lowest BCUT2D eigenvalue weighted by Gasteiger charge is -2.12. The van der Waals surface area contributed by atoms with Gasteiger partial charge in [-0.2, -0.15) is 0 Å². The third-order valence-electron chi connectivity index (χ3n) is 4.49. The Morgan fingerprint density at radius 1 is 1.13 bits per heavy atom. The molecule has 3 aromatic rings. The van der Waals surface area contributed by atoms with E-state index in [0.717, 1.165) is 28.8 Å². The number of ether oxygens (including phenoxy) is 1. The molecule has 0 aliphatic carbocycles. The molecule has 0 aliphatic rings. The Labute approximate surface area is 176 Å². The van der Waals surface area contributed by atoms with Gasteiger partial charge in [0.25, 0.3) is 0 Å². The Kier molecular flexibility index (Phi) is 7.32. The van der Waals surface area contributed by atoms with E-state index in [2.05, 4.69) is 33.9 Å². The highest BCUT2D eigenvalue weighted by Gasteiger charge is 2.09. The second-order valence-electron chi connectivity index (χ2n) is 6.83. The van der Waals surface area contributed by atoms with Crippen LogP contribution in [-0.2, 0) is 11.3 Å². The molecule has 1 amide bonds. The van der Waals surface area contributed by atoms with Gasteiger partial charge in [0.1, 0.15) is 30.2 Å². The number of nitrogens with zero attached hydrogens (tertiary/aromatic N) is 1. The maximum atomic E-state index is 11.2. The molecule has 1 heterocycles. The van der Waals surface area contributed by atoms with E-state index in [0.29, 0.717) is 37.1 Å². The molecule has 1 aromatic heterocycles. The van der Waals surface area contributed by atoms with E-state index in [1.165, 1.54) is 6.92 Å². The highest BCUT2D eigenvalue weighted by molar-refractivity contribution is 5.88. The molecule has 3 rings (SSSR count). The normalized spacial score (nSPS) is 11.4. The van der Waals surface area contributed by atoms with Crippen molar-refractivity contribution in [1.29, 1.82) is 0 Å². The topological polar surface area (TPSA) is 87.9 Å². The van der Waals surface area contributed by atoms with Crippen LogP contribution < -0.4 is 20.7 Å². The largest absolute Gasteiger partial charge is 0.492 e. The minimum atomic E-state index is -0.111. The molecule has 0 unspecified atom stereocenters. The van der Waals surface area contributed by atoms with Crippen molar-refractivity contribution in [3.05, 3.63) is 59.9 Å². The van der Waals surface area contributed by atoms with Crippen LogP contribution in [0.3, 0.4) is 0 Å². The Bertz CT molecular complexity index is 1030. The smallest absolute Gasteiger partial charge is 0.221 e. The predicted molar refractivity (Wildman–Crippen MR) is 120 cm³/mol. The fourth-order valence-corrected chi connectivity index (χ4v) is 3.07. The number of carbonyl (C=O) groups excluding carboxylic acids is 1. The van der Waals surface area contributed by atoms with E-state index in [1.54, 1.807) is 6.07 Å². The summed E-state index contributed by atoms with van der Waals surface area (Å²) in [4.78, 5) is 15.8. The number of aliphatic imine (C=N–C) groups is 1. The highest BCUT2D eigenvalue weighted by Crippen LogP contribution is 2.25. The quantitative estimate of drug-likeness (QED) is 0.299. The van der Waals surface area contributed by atoms with Crippen molar-refractivity contribution in [3.63, 3.8) is 0 Å². The summed E-state index contributed by atoms with van der Waals surface area (Å²) in [5.41, 5.74) is 2.71. The molecule has 0 fully saturated rings. The molecule has 0 saturated heterocycles. The summed E-state index contributed by atoms with van der Waals surface area (Å²) in [5, 5.41) is 10.4. The fourth-order valence-electron chi connectivity index (χ4n) is 3.07. The number of para-hydroxylation sites is 1. The number of amides is 1. The first kappa shape index (κ1) is 21.2. The molecule has 0 atom stereocenters. The van der Waals surface area contributed by atoms with Crippen molar-refractivity contribution < 1.29 is 13.9 Å². The average Bonchev–Trinajstić information content (AvgIpc) is 3.05. The summed E-state index contributed by atoms with van der Waals surface area (Å²) in [6.07, 6.45) is 0. The van der Waals surface area contributed by atoms with Crippen molar-refractivity contribution in [3.8, 4) is 5.75 Å². The van der Waals surface area contributed by atoms with Crippen LogP contribution in [0, 0.1) is 6.92 Å². The summed E-state index contributed by atoms with van der Waals surface area (Å²) >= 11 is 0. The van der Waals surface area contributed by atoms with Crippen LogP contribution in [0.25, 0.3) is 11.0 Å². The number of aryl methyl sites for hydroxylation is 1. The van der Waals surface area contributed by atoms with Gasteiger partial charge in [-0.15, -0.1) is 0 Å². The van der Waals surface area contributed by atoms with E-state index in [-0.39, 0.29) is 5.91 Å². The maximum Gasteiger partial charge on any atom is 0.221 e. The Morgan fingerprint density at radius 3 is 2.73 bits per heavy atom. The number of hydrogen-bond acceptors (Lipinski definition) is 4. The van der Waals surface area contributed by atoms with Crippen molar-refractivity contribution in [2.75, 3.05) is 25.0 Å². The first-order valence-corrected chi connectivity index (χ1v) is 10.1. The SMILES string of the molecule is CCNC(=NCc1oc2ccccc2c1C)NCCOc1cccc(NC(C)=O)c1. The number of nitrogens with one attached hydrogen (secondary N) is 3. The van der Waals surface area contributed by atoms with E-state index in [9.17, 15) is 4.79 Å². The lowest BCUT2D eigenvalue weighted by Crippen LogP contribution is -2.39. The molecule has 0 saturated carbocycles. The van der Waals surface area contributed by atoms with Crippen LogP contribution in [0.1, 0.15) is 25.2 Å². The predicted octanol–water partition coefficient (Wildman–Crippen LogP) is 3.83. The van der Waals surface area contributed by atoms with Gasteiger partial charge in [-0.3, -0.25) is 4.79 Å². The molecule has 158 valence electrons. The van der Waals surface area contributed by atoms with Gasteiger partial charge in [0.2, 0.25) is 5.91 Å². The Hall–Kier alpha value is -3.48. The summed E-state index contributed by atoms with van der Waals surface area (Å²) in [5.74, 6) is 2.15. The Balaban J connectivity index is 1.54. The van der Waals surface area contributed by atoms with Gasteiger partial charge in [-0.1, -0.05) is 24.3 Å².